The third kappa shape index (κ3) is 2.72. The number of nitrogens with zero attached hydrogens (tertiary/aromatic N) is 3. The lowest BCUT2D eigenvalue weighted by Crippen LogP contribution is -2.01. The van der Waals surface area contributed by atoms with Gasteiger partial charge in [0.2, 0.25) is 0 Å². The molecule has 4 nitrogen and oxygen atoms in total. The fourth-order valence-corrected chi connectivity index (χ4v) is 2.98. The monoisotopic (exact) mass is 284 g/mol. The highest BCUT2D eigenvalue weighted by Crippen LogP contribution is 2.20. The molecule has 0 unspecified atom stereocenters. The lowest BCUT2D eigenvalue weighted by atomic mass is 10.2. The van der Waals surface area contributed by atoms with Crippen molar-refractivity contribution in [3.05, 3.63) is 58.3 Å². The van der Waals surface area contributed by atoms with Gasteiger partial charge in [-0.05, 0) is 38.1 Å². The first-order valence-corrected chi connectivity index (χ1v) is 7.31. The molecule has 2 aromatic heterocycles. The van der Waals surface area contributed by atoms with Crippen LogP contribution in [0.4, 0.5) is 5.69 Å². The van der Waals surface area contributed by atoms with E-state index in [0.29, 0.717) is 0 Å². The number of aryl methyl sites for hydroxylation is 2. The summed E-state index contributed by atoms with van der Waals surface area (Å²) in [5, 5.41) is 8.81. The minimum atomic E-state index is 0.805. The zero-order chi connectivity index (χ0) is 13.9. The number of thiazole rings is 1. The number of benzene rings is 1. The summed E-state index contributed by atoms with van der Waals surface area (Å²) in [7, 11) is 0. The van der Waals surface area contributed by atoms with Crippen LogP contribution in [0.1, 0.15) is 15.6 Å². The van der Waals surface area contributed by atoms with Crippen LogP contribution in [-0.4, -0.2) is 14.8 Å². The van der Waals surface area contributed by atoms with Crippen molar-refractivity contribution in [3.8, 4) is 5.69 Å². The quantitative estimate of drug-likeness (QED) is 0.796. The lowest BCUT2D eigenvalue weighted by molar-refractivity contribution is 0.880. The smallest absolute Gasteiger partial charge is 0.0900 e. The van der Waals surface area contributed by atoms with Gasteiger partial charge in [-0.3, -0.25) is 0 Å². The summed E-state index contributed by atoms with van der Waals surface area (Å²) < 4.78 is 1.85. The molecule has 20 heavy (non-hydrogen) atoms. The van der Waals surface area contributed by atoms with Gasteiger partial charge < -0.3 is 5.32 Å². The average molecular weight is 284 g/mol. The second-order valence-corrected chi connectivity index (χ2v) is 5.88. The summed E-state index contributed by atoms with van der Waals surface area (Å²) in [4.78, 5) is 5.73. The van der Waals surface area contributed by atoms with Crippen LogP contribution in [0.15, 0.2) is 42.7 Å². The molecule has 0 saturated heterocycles. The number of aromatic nitrogens is 3. The average Bonchev–Trinajstić information content (AvgIpc) is 3.07. The molecule has 0 aliphatic rings. The van der Waals surface area contributed by atoms with Gasteiger partial charge in [0.05, 0.1) is 22.9 Å². The van der Waals surface area contributed by atoms with E-state index in [1.165, 1.54) is 4.88 Å². The van der Waals surface area contributed by atoms with Gasteiger partial charge in [0.25, 0.3) is 0 Å². The van der Waals surface area contributed by atoms with E-state index in [1.54, 1.807) is 17.5 Å². The molecule has 0 aliphatic heterocycles. The third-order valence-corrected chi connectivity index (χ3v) is 4.14. The van der Waals surface area contributed by atoms with E-state index >= 15 is 0 Å². The van der Waals surface area contributed by atoms with Crippen molar-refractivity contribution in [1.82, 2.24) is 14.8 Å². The van der Waals surface area contributed by atoms with Crippen molar-refractivity contribution in [2.75, 3.05) is 5.32 Å². The zero-order valence-electron chi connectivity index (χ0n) is 11.5. The van der Waals surface area contributed by atoms with E-state index < -0.39 is 0 Å². The molecule has 102 valence electrons. The molecule has 2 heterocycles. The lowest BCUT2D eigenvalue weighted by Gasteiger charge is -2.08. The minimum absolute atomic E-state index is 0.805. The molecule has 0 fully saturated rings. The summed E-state index contributed by atoms with van der Waals surface area (Å²) in [5.74, 6) is 0. The molecule has 1 aromatic carbocycles. The van der Waals surface area contributed by atoms with E-state index in [2.05, 4.69) is 34.5 Å². The maximum Gasteiger partial charge on any atom is 0.0900 e. The normalized spacial score (nSPS) is 10.7. The van der Waals surface area contributed by atoms with Crippen molar-refractivity contribution in [2.45, 2.75) is 20.4 Å². The van der Waals surface area contributed by atoms with Crippen molar-refractivity contribution < 1.29 is 0 Å². The summed E-state index contributed by atoms with van der Waals surface area (Å²) in [6.45, 7) is 4.90. The summed E-state index contributed by atoms with van der Waals surface area (Å²) in [6.07, 6.45) is 3.72. The highest BCUT2D eigenvalue weighted by atomic mass is 32.1. The van der Waals surface area contributed by atoms with Crippen molar-refractivity contribution in [2.24, 2.45) is 0 Å². The van der Waals surface area contributed by atoms with Gasteiger partial charge in [0, 0.05) is 23.0 Å². The molecule has 5 heteroatoms. The van der Waals surface area contributed by atoms with Crippen LogP contribution < -0.4 is 5.32 Å². The molecule has 0 aliphatic carbocycles. The van der Waals surface area contributed by atoms with Crippen LogP contribution in [0.25, 0.3) is 5.69 Å². The Labute approximate surface area is 122 Å². The van der Waals surface area contributed by atoms with E-state index in [1.807, 2.05) is 36.0 Å². The Bertz CT molecular complexity index is 700. The van der Waals surface area contributed by atoms with E-state index in [4.69, 9.17) is 0 Å². The molecule has 0 bridgehead atoms. The fourth-order valence-electron chi connectivity index (χ4n) is 2.10. The maximum atomic E-state index is 4.45. The Morgan fingerprint density at radius 1 is 1.25 bits per heavy atom. The van der Waals surface area contributed by atoms with E-state index in [-0.39, 0.29) is 0 Å². The summed E-state index contributed by atoms with van der Waals surface area (Å²) in [5.41, 5.74) is 3.25. The summed E-state index contributed by atoms with van der Waals surface area (Å²) >= 11 is 1.74. The minimum Gasteiger partial charge on any atom is -0.380 e. The maximum absolute atomic E-state index is 4.45. The van der Waals surface area contributed by atoms with Gasteiger partial charge in [-0.2, -0.15) is 5.10 Å². The predicted molar refractivity (Wildman–Crippen MR) is 82.5 cm³/mol. The number of rotatable bonds is 4. The van der Waals surface area contributed by atoms with Crippen molar-refractivity contribution in [1.29, 1.82) is 0 Å². The van der Waals surface area contributed by atoms with Crippen LogP contribution in [0.5, 0.6) is 0 Å². The molecule has 0 amide bonds. The molecule has 0 atom stereocenters. The first-order chi connectivity index (χ1) is 9.72. The van der Waals surface area contributed by atoms with E-state index in [0.717, 1.165) is 28.6 Å². The Balaban J connectivity index is 1.75. The molecule has 0 radical (unpaired) electrons. The van der Waals surface area contributed by atoms with Crippen LogP contribution in [0.3, 0.4) is 0 Å². The van der Waals surface area contributed by atoms with Gasteiger partial charge >= 0.3 is 0 Å². The fraction of sp³-hybridized carbons (Fsp3) is 0.200. The van der Waals surface area contributed by atoms with Gasteiger partial charge in [-0.1, -0.05) is 6.07 Å². The highest BCUT2D eigenvalue weighted by molar-refractivity contribution is 7.11. The van der Waals surface area contributed by atoms with Crippen LogP contribution in [0.2, 0.25) is 0 Å². The second kappa shape index (κ2) is 5.46. The van der Waals surface area contributed by atoms with Crippen molar-refractivity contribution in [3.63, 3.8) is 0 Å². The third-order valence-electron chi connectivity index (χ3n) is 3.07. The predicted octanol–water partition coefficient (Wildman–Crippen LogP) is 3.56. The molecule has 0 saturated carbocycles. The first-order valence-electron chi connectivity index (χ1n) is 6.49. The summed E-state index contributed by atoms with van der Waals surface area (Å²) in [6, 6.07) is 10.2. The Morgan fingerprint density at radius 3 is 2.85 bits per heavy atom. The van der Waals surface area contributed by atoms with Gasteiger partial charge in [0.1, 0.15) is 0 Å². The molecule has 3 aromatic rings. The largest absolute Gasteiger partial charge is 0.380 e. The molecular weight excluding hydrogens is 268 g/mol. The SMILES string of the molecule is Cc1nc(C)c(CNc2cccc(-n3cccn3)c2)s1. The Hall–Kier alpha value is -2.14. The standard InChI is InChI=1S/C15H16N4S/c1-11-15(20-12(2)18-11)10-16-13-5-3-6-14(9-13)19-8-4-7-17-19/h3-9,16H,10H2,1-2H3. The van der Waals surface area contributed by atoms with Crippen LogP contribution in [0, 0.1) is 13.8 Å². The van der Waals surface area contributed by atoms with Crippen LogP contribution in [-0.2, 0) is 6.54 Å². The van der Waals surface area contributed by atoms with Crippen LogP contribution >= 0.6 is 11.3 Å². The Morgan fingerprint density at radius 2 is 2.15 bits per heavy atom. The van der Waals surface area contributed by atoms with Gasteiger partial charge in [-0.25, -0.2) is 9.67 Å². The topological polar surface area (TPSA) is 42.7 Å². The highest BCUT2D eigenvalue weighted by Gasteiger charge is 2.05. The zero-order valence-corrected chi connectivity index (χ0v) is 12.3. The number of nitrogens with one attached hydrogen (secondary N) is 1. The number of anilines is 1. The second-order valence-electron chi connectivity index (χ2n) is 4.60. The molecule has 1 N–H and O–H groups in total. The molecule has 3 rings (SSSR count). The van der Waals surface area contributed by atoms with E-state index in [9.17, 15) is 0 Å². The van der Waals surface area contributed by atoms with Gasteiger partial charge in [-0.15, -0.1) is 11.3 Å². The first kappa shape index (κ1) is 12.9. The molecule has 0 spiro atoms. The van der Waals surface area contributed by atoms with Crippen molar-refractivity contribution >= 4 is 17.0 Å². The Kier molecular flexibility index (Phi) is 3.52. The number of hydrogen-bond donors (Lipinski definition) is 1. The molecular formula is C15H16N4S. The number of hydrogen-bond acceptors (Lipinski definition) is 4. The van der Waals surface area contributed by atoms with Gasteiger partial charge in [0.15, 0.2) is 0 Å².